The zero-order chi connectivity index (χ0) is 24.8. The van der Waals surface area contributed by atoms with Crippen molar-refractivity contribution < 1.29 is 14.3 Å². The summed E-state index contributed by atoms with van der Waals surface area (Å²) in [4.78, 5) is 25.8. The van der Waals surface area contributed by atoms with Crippen LogP contribution in [0.1, 0.15) is 26.3 Å². The SMILES string of the molecule is CC(C)(C)OC(=O)N[C@@H](Cc1ccccc1)C(=O)Nc1cc(-c2nn[nH]n2)cc(-c2nn[nH]n2)c1. The first-order chi connectivity index (χ1) is 16.8. The van der Waals surface area contributed by atoms with Crippen LogP contribution in [0.2, 0.25) is 0 Å². The van der Waals surface area contributed by atoms with Gasteiger partial charge in [-0.1, -0.05) is 30.3 Å². The van der Waals surface area contributed by atoms with Crippen LogP contribution in [0.5, 0.6) is 0 Å². The third kappa shape index (κ3) is 6.43. The molecule has 2 amide bonds. The Hall–Kier alpha value is -4.68. The number of nitrogens with zero attached hydrogens (tertiary/aromatic N) is 6. The van der Waals surface area contributed by atoms with Gasteiger partial charge in [0.2, 0.25) is 17.6 Å². The van der Waals surface area contributed by atoms with Crippen LogP contribution in [0.25, 0.3) is 22.8 Å². The second-order valence-electron chi connectivity index (χ2n) is 8.65. The molecule has 0 saturated heterocycles. The Balaban J connectivity index is 1.61. The number of nitrogens with one attached hydrogen (secondary N) is 4. The molecule has 0 aliphatic rings. The normalized spacial score (nSPS) is 12.1. The molecule has 2 aromatic heterocycles. The lowest BCUT2D eigenvalue weighted by Gasteiger charge is -2.23. The molecule has 4 N–H and O–H groups in total. The number of carbonyl (C=O) groups is 2. The molecule has 0 fully saturated rings. The summed E-state index contributed by atoms with van der Waals surface area (Å²) < 4.78 is 5.36. The van der Waals surface area contributed by atoms with E-state index < -0.39 is 23.6 Å². The zero-order valence-electron chi connectivity index (χ0n) is 19.3. The molecule has 4 aromatic rings. The number of carbonyl (C=O) groups excluding carboxylic acids is 2. The lowest BCUT2D eigenvalue weighted by molar-refractivity contribution is -0.118. The molecule has 0 unspecified atom stereocenters. The van der Waals surface area contributed by atoms with Crippen molar-refractivity contribution in [2.45, 2.75) is 38.8 Å². The van der Waals surface area contributed by atoms with Gasteiger partial charge in [0.05, 0.1) is 0 Å². The van der Waals surface area contributed by atoms with Gasteiger partial charge < -0.3 is 15.4 Å². The minimum absolute atomic E-state index is 0.258. The van der Waals surface area contributed by atoms with Gasteiger partial charge in [0, 0.05) is 23.2 Å². The van der Waals surface area contributed by atoms with Crippen LogP contribution in [0, 0.1) is 0 Å². The van der Waals surface area contributed by atoms with Crippen molar-refractivity contribution in [2.24, 2.45) is 0 Å². The van der Waals surface area contributed by atoms with Gasteiger partial charge in [0.1, 0.15) is 11.6 Å². The predicted molar refractivity (Wildman–Crippen MR) is 125 cm³/mol. The molecular weight excluding hydrogens is 452 g/mol. The fraction of sp³-hybridized carbons (Fsp3) is 0.273. The first-order valence-electron chi connectivity index (χ1n) is 10.7. The van der Waals surface area contributed by atoms with E-state index in [1.165, 1.54) is 0 Å². The summed E-state index contributed by atoms with van der Waals surface area (Å²) in [5, 5.41) is 33.5. The van der Waals surface area contributed by atoms with Crippen molar-refractivity contribution in [1.29, 1.82) is 0 Å². The number of benzene rings is 2. The number of amides is 2. The van der Waals surface area contributed by atoms with Crippen molar-refractivity contribution in [2.75, 3.05) is 5.32 Å². The summed E-state index contributed by atoms with van der Waals surface area (Å²) in [7, 11) is 0. The Morgan fingerprint density at radius 2 is 1.54 bits per heavy atom. The van der Waals surface area contributed by atoms with Gasteiger partial charge in [-0.15, -0.1) is 20.4 Å². The predicted octanol–water partition coefficient (Wildman–Crippen LogP) is 2.12. The van der Waals surface area contributed by atoms with Crippen LogP contribution in [0.3, 0.4) is 0 Å². The molecule has 13 nitrogen and oxygen atoms in total. The van der Waals surface area contributed by atoms with E-state index in [1.54, 1.807) is 39.0 Å². The third-order valence-corrected chi connectivity index (χ3v) is 4.70. The molecule has 4 rings (SSSR count). The number of aromatic nitrogens is 8. The second kappa shape index (κ2) is 10.1. The average molecular weight is 477 g/mol. The Morgan fingerprint density at radius 1 is 0.943 bits per heavy atom. The van der Waals surface area contributed by atoms with E-state index in [4.69, 9.17) is 4.74 Å². The Labute approximate surface area is 200 Å². The summed E-state index contributed by atoms with van der Waals surface area (Å²) in [6, 6.07) is 13.6. The number of hydrogen-bond acceptors (Lipinski definition) is 9. The van der Waals surface area contributed by atoms with Gasteiger partial charge in [0.25, 0.3) is 0 Å². The highest BCUT2D eigenvalue weighted by Crippen LogP contribution is 2.26. The highest BCUT2D eigenvalue weighted by molar-refractivity contribution is 5.97. The van der Waals surface area contributed by atoms with Crippen LogP contribution >= 0.6 is 0 Å². The van der Waals surface area contributed by atoms with E-state index in [9.17, 15) is 9.59 Å². The minimum Gasteiger partial charge on any atom is -0.444 e. The summed E-state index contributed by atoms with van der Waals surface area (Å²) >= 11 is 0. The molecule has 35 heavy (non-hydrogen) atoms. The lowest BCUT2D eigenvalue weighted by atomic mass is 10.0. The molecule has 0 radical (unpaired) electrons. The fourth-order valence-electron chi connectivity index (χ4n) is 3.26. The molecule has 1 atom stereocenters. The Morgan fingerprint density at radius 3 is 2.06 bits per heavy atom. The Kier molecular flexibility index (Phi) is 6.76. The smallest absolute Gasteiger partial charge is 0.408 e. The van der Waals surface area contributed by atoms with Crippen molar-refractivity contribution in [3.8, 4) is 22.8 Å². The van der Waals surface area contributed by atoms with Gasteiger partial charge in [-0.3, -0.25) is 4.79 Å². The Bertz CT molecular complexity index is 1220. The molecule has 0 saturated carbocycles. The van der Waals surface area contributed by atoms with Crippen LogP contribution in [-0.4, -0.2) is 64.9 Å². The summed E-state index contributed by atoms with van der Waals surface area (Å²) in [6.07, 6.45) is -0.435. The maximum Gasteiger partial charge on any atom is 0.408 e. The maximum absolute atomic E-state index is 13.3. The van der Waals surface area contributed by atoms with E-state index in [-0.39, 0.29) is 6.42 Å². The van der Waals surface area contributed by atoms with Gasteiger partial charge in [-0.25, -0.2) is 4.79 Å². The highest BCUT2D eigenvalue weighted by atomic mass is 16.6. The summed E-state index contributed by atoms with van der Waals surface area (Å²) in [5.74, 6) is 0.196. The zero-order valence-corrected chi connectivity index (χ0v) is 19.3. The van der Waals surface area contributed by atoms with Crippen LogP contribution in [-0.2, 0) is 16.0 Å². The summed E-state index contributed by atoms with van der Waals surface area (Å²) in [5.41, 5.74) is 1.71. The molecule has 2 aromatic carbocycles. The van der Waals surface area contributed by atoms with Crippen molar-refractivity contribution in [1.82, 2.24) is 46.6 Å². The van der Waals surface area contributed by atoms with Crippen molar-refractivity contribution in [3.05, 3.63) is 54.1 Å². The topological polar surface area (TPSA) is 176 Å². The number of alkyl carbamates (subject to hydrolysis) is 1. The van der Waals surface area contributed by atoms with Crippen LogP contribution in [0.15, 0.2) is 48.5 Å². The molecular formula is C22H24N10O3. The van der Waals surface area contributed by atoms with E-state index in [2.05, 4.69) is 51.9 Å². The maximum atomic E-state index is 13.3. The van der Waals surface area contributed by atoms with Gasteiger partial charge >= 0.3 is 6.09 Å². The summed E-state index contributed by atoms with van der Waals surface area (Å²) in [6.45, 7) is 5.26. The van der Waals surface area contributed by atoms with E-state index >= 15 is 0 Å². The monoisotopic (exact) mass is 476 g/mol. The van der Waals surface area contributed by atoms with Crippen molar-refractivity contribution >= 4 is 17.7 Å². The molecule has 0 aliphatic heterocycles. The molecule has 2 heterocycles. The number of rotatable bonds is 7. The van der Waals surface area contributed by atoms with E-state index in [1.807, 2.05) is 30.3 Å². The number of anilines is 1. The first-order valence-corrected chi connectivity index (χ1v) is 10.7. The number of hydrogen-bond donors (Lipinski definition) is 4. The van der Waals surface area contributed by atoms with Crippen LogP contribution < -0.4 is 10.6 Å². The average Bonchev–Trinajstić information content (AvgIpc) is 3.52. The molecule has 0 bridgehead atoms. The number of ether oxygens (including phenoxy) is 1. The fourth-order valence-corrected chi connectivity index (χ4v) is 3.26. The number of tetrazole rings is 2. The van der Waals surface area contributed by atoms with E-state index in [0.717, 1.165) is 5.56 Å². The molecule has 180 valence electrons. The molecule has 13 heteroatoms. The molecule has 0 spiro atoms. The quantitative estimate of drug-likeness (QED) is 0.311. The molecule has 0 aliphatic carbocycles. The minimum atomic E-state index is -0.908. The largest absolute Gasteiger partial charge is 0.444 e. The standard InChI is InChI=1S/C22H24N10O3/c1-22(2,3)35-21(34)24-17(9-13-7-5-4-6-8-13)20(33)23-16-11-14(18-25-29-30-26-18)10-15(12-16)19-27-31-32-28-19/h4-8,10-12,17H,9H2,1-3H3,(H,23,33)(H,24,34)(H,25,26,29,30)(H,27,28,31,32)/t17-/m0/s1. The van der Waals surface area contributed by atoms with Gasteiger partial charge in [-0.05, 0) is 55.0 Å². The second-order valence-corrected chi connectivity index (χ2v) is 8.65. The first kappa shape index (κ1) is 23.5. The highest BCUT2D eigenvalue weighted by Gasteiger charge is 2.25. The third-order valence-electron chi connectivity index (χ3n) is 4.70. The van der Waals surface area contributed by atoms with E-state index in [0.29, 0.717) is 28.5 Å². The van der Waals surface area contributed by atoms with Crippen molar-refractivity contribution in [3.63, 3.8) is 0 Å². The lowest BCUT2D eigenvalue weighted by Crippen LogP contribution is -2.47. The van der Waals surface area contributed by atoms with Gasteiger partial charge in [-0.2, -0.15) is 10.4 Å². The number of H-pyrrole nitrogens is 2. The van der Waals surface area contributed by atoms with Gasteiger partial charge in [0.15, 0.2) is 0 Å². The number of aromatic amines is 2. The van der Waals surface area contributed by atoms with Crippen LogP contribution in [0.4, 0.5) is 10.5 Å².